The third kappa shape index (κ3) is 10.9. The highest BCUT2D eigenvalue weighted by Crippen LogP contribution is 2.34. The smallest absolute Gasteiger partial charge is 0.133 e. The van der Waals surface area contributed by atoms with Crippen LogP contribution in [-0.2, 0) is 55.3 Å². The second-order valence-electron chi connectivity index (χ2n) is 21.3. The highest BCUT2D eigenvalue weighted by molar-refractivity contribution is 7.11. The van der Waals surface area contributed by atoms with Crippen molar-refractivity contribution in [3.05, 3.63) is 56.6 Å². The van der Waals surface area contributed by atoms with Crippen molar-refractivity contribution in [1.29, 1.82) is 0 Å². The lowest BCUT2D eigenvalue weighted by Gasteiger charge is -2.38. The minimum atomic E-state index is 0.0379. The van der Waals surface area contributed by atoms with Crippen molar-refractivity contribution in [2.75, 3.05) is 19.6 Å². The molecule has 0 radical (unpaired) electrons. The number of hydrogen-bond donors (Lipinski definition) is 0. The van der Waals surface area contributed by atoms with Crippen LogP contribution in [0.3, 0.4) is 0 Å². The molecular formula is C43H74N8S. The molecule has 3 aromatic rings. The van der Waals surface area contributed by atoms with Crippen LogP contribution in [0.25, 0.3) is 0 Å². The lowest BCUT2D eigenvalue weighted by Crippen LogP contribution is -2.45. The minimum absolute atomic E-state index is 0.0379. The van der Waals surface area contributed by atoms with Gasteiger partial charge in [0.05, 0.1) is 22.9 Å². The second kappa shape index (κ2) is 15.1. The SMILES string of the molecule is CC(C)(C)c1cn2c(n1)CN(C(C)(C)C)CC2.CC(C)(C)c1nc2c(s1)CN(C(C)(C)C)CC2.CC(C)(C)c1ncc2c(n1)CCN(C(C)(C)C)C2. The maximum atomic E-state index is 4.83. The molecule has 52 heavy (non-hydrogen) atoms. The van der Waals surface area contributed by atoms with Crippen LogP contribution < -0.4 is 0 Å². The Morgan fingerprint density at radius 1 is 0.538 bits per heavy atom. The maximum Gasteiger partial charge on any atom is 0.133 e. The summed E-state index contributed by atoms with van der Waals surface area (Å²) >= 11 is 1.91. The van der Waals surface area contributed by atoms with Gasteiger partial charge in [0.2, 0.25) is 0 Å². The number of rotatable bonds is 0. The Morgan fingerprint density at radius 3 is 1.60 bits per heavy atom. The Bertz CT molecular complexity index is 1560. The molecule has 0 unspecified atom stereocenters. The van der Waals surface area contributed by atoms with E-state index in [2.05, 4.69) is 155 Å². The van der Waals surface area contributed by atoms with Gasteiger partial charge in [0.1, 0.15) is 11.6 Å². The Morgan fingerprint density at radius 2 is 1.08 bits per heavy atom. The predicted molar refractivity (Wildman–Crippen MR) is 220 cm³/mol. The highest BCUT2D eigenvalue weighted by atomic mass is 32.1. The first-order chi connectivity index (χ1) is 23.5. The van der Waals surface area contributed by atoms with E-state index in [4.69, 9.17) is 15.0 Å². The van der Waals surface area contributed by atoms with Crippen LogP contribution in [0.4, 0.5) is 0 Å². The Labute approximate surface area is 322 Å². The van der Waals surface area contributed by atoms with Gasteiger partial charge in [0, 0.05) is 114 Å². The Balaban J connectivity index is 0.000000175. The number of thiazole rings is 1. The molecule has 8 nitrogen and oxygen atoms in total. The van der Waals surface area contributed by atoms with E-state index < -0.39 is 0 Å². The molecule has 0 saturated carbocycles. The van der Waals surface area contributed by atoms with Gasteiger partial charge < -0.3 is 4.57 Å². The van der Waals surface area contributed by atoms with Gasteiger partial charge in [-0.25, -0.2) is 19.9 Å². The zero-order chi connectivity index (χ0) is 39.2. The van der Waals surface area contributed by atoms with Crippen LogP contribution >= 0.6 is 11.3 Å². The minimum Gasteiger partial charge on any atom is -0.332 e. The normalized spacial score (nSPS) is 18.0. The Kier molecular flexibility index (Phi) is 12.4. The summed E-state index contributed by atoms with van der Waals surface area (Å²) in [5.41, 5.74) is 6.20. The summed E-state index contributed by atoms with van der Waals surface area (Å²) in [6.07, 6.45) is 6.41. The summed E-state index contributed by atoms with van der Waals surface area (Å²) in [7, 11) is 0. The van der Waals surface area contributed by atoms with E-state index in [1.165, 1.54) is 38.4 Å². The van der Waals surface area contributed by atoms with Crippen LogP contribution in [0.1, 0.15) is 169 Å². The zero-order valence-corrected chi connectivity index (χ0v) is 37.3. The van der Waals surface area contributed by atoms with Crippen LogP contribution in [0.2, 0.25) is 0 Å². The van der Waals surface area contributed by atoms with E-state index in [0.717, 1.165) is 64.5 Å². The van der Waals surface area contributed by atoms with Crippen molar-refractivity contribution in [1.82, 2.24) is 39.2 Å². The van der Waals surface area contributed by atoms with Gasteiger partial charge in [-0.3, -0.25) is 14.7 Å². The van der Waals surface area contributed by atoms with E-state index in [1.807, 2.05) is 17.5 Å². The summed E-state index contributed by atoms with van der Waals surface area (Å²) in [5, 5.41) is 1.29. The molecule has 6 heterocycles. The van der Waals surface area contributed by atoms with E-state index in [9.17, 15) is 0 Å². The first-order valence-corrected chi connectivity index (χ1v) is 20.5. The van der Waals surface area contributed by atoms with Gasteiger partial charge in [-0.15, -0.1) is 11.3 Å². The number of hydrogen-bond acceptors (Lipinski definition) is 8. The number of nitrogens with zero attached hydrogens (tertiary/aromatic N) is 8. The fourth-order valence-electron chi connectivity index (χ4n) is 6.53. The van der Waals surface area contributed by atoms with Gasteiger partial charge in [-0.1, -0.05) is 62.3 Å². The van der Waals surface area contributed by atoms with Crippen molar-refractivity contribution >= 4 is 11.3 Å². The van der Waals surface area contributed by atoms with Crippen LogP contribution in [0.5, 0.6) is 0 Å². The summed E-state index contributed by atoms with van der Waals surface area (Å²) in [6, 6.07) is 0. The lowest BCUT2D eigenvalue weighted by molar-refractivity contribution is 0.100. The molecule has 3 aliphatic heterocycles. The molecule has 292 valence electrons. The first-order valence-electron chi connectivity index (χ1n) is 19.7. The summed E-state index contributed by atoms with van der Waals surface area (Å²) in [5.74, 6) is 2.18. The molecular weight excluding hydrogens is 661 g/mol. The molecule has 0 atom stereocenters. The van der Waals surface area contributed by atoms with Crippen molar-refractivity contribution in [2.24, 2.45) is 0 Å². The largest absolute Gasteiger partial charge is 0.332 e. The Hall–Kier alpha value is -2.20. The fraction of sp³-hybridized carbons (Fsp3) is 0.767. The topological polar surface area (TPSA) is 66.2 Å². The average Bonchev–Trinajstić information content (AvgIpc) is 3.64. The number of aromatic nitrogens is 5. The van der Waals surface area contributed by atoms with Crippen LogP contribution in [0, 0.1) is 0 Å². The quantitative estimate of drug-likeness (QED) is 0.228. The predicted octanol–water partition coefficient (Wildman–Crippen LogP) is 9.32. The fourth-order valence-corrected chi connectivity index (χ4v) is 7.71. The molecule has 3 aliphatic rings. The van der Waals surface area contributed by atoms with Crippen molar-refractivity contribution in [3.63, 3.8) is 0 Å². The van der Waals surface area contributed by atoms with E-state index in [-0.39, 0.29) is 32.9 Å². The molecule has 0 amide bonds. The number of imidazole rings is 1. The third-order valence-electron chi connectivity index (χ3n) is 10.4. The van der Waals surface area contributed by atoms with E-state index in [0.29, 0.717) is 0 Å². The molecule has 0 spiro atoms. The molecule has 0 fully saturated rings. The van der Waals surface area contributed by atoms with Crippen molar-refractivity contribution in [2.45, 2.75) is 197 Å². The van der Waals surface area contributed by atoms with Gasteiger partial charge in [-0.2, -0.15) is 0 Å². The average molecular weight is 735 g/mol. The molecule has 3 aromatic heterocycles. The third-order valence-corrected chi connectivity index (χ3v) is 11.9. The molecule has 0 aliphatic carbocycles. The second-order valence-corrected chi connectivity index (χ2v) is 22.4. The summed E-state index contributed by atoms with van der Waals surface area (Å²) < 4.78 is 2.32. The molecule has 0 aromatic carbocycles. The first kappa shape index (κ1) is 42.5. The highest BCUT2D eigenvalue weighted by Gasteiger charge is 2.31. The summed E-state index contributed by atoms with van der Waals surface area (Å²) in [4.78, 5) is 28.0. The lowest BCUT2D eigenvalue weighted by atomic mass is 9.93. The molecule has 0 saturated heterocycles. The maximum absolute atomic E-state index is 4.83. The van der Waals surface area contributed by atoms with E-state index >= 15 is 0 Å². The van der Waals surface area contributed by atoms with Crippen LogP contribution in [0.15, 0.2) is 12.4 Å². The standard InChI is InChI=1S/C15H25N3.C14H25N3.C14H24N2S/c1-14(2,3)13-16-9-11-10-18(15(4,5)6)8-7-12(11)17-13;1-13(2,3)11-9-16-7-8-17(14(4,5)6)10-12(16)15-11;1-13(2,3)12-15-10-7-8-16(14(4,5)6)9-11(10)17-12/h9H,7-8,10H2,1-6H3;9H,7-8,10H2,1-6H3;7-9H2,1-6H3. The molecule has 9 heteroatoms. The van der Waals surface area contributed by atoms with Crippen molar-refractivity contribution < 1.29 is 0 Å². The van der Waals surface area contributed by atoms with E-state index in [1.54, 1.807) is 0 Å². The monoisotopic (exact) mass is 735 g/mol. The van der Waals surface area contributed by atoms with Gasteiger partial charge in [-0.05, 0) is 62.3 Å². The van der Waals surface area contributed by atoms with Crippen LogP contribution in [-0.4, -0.2) is 75.5 Å². The molecule has 0 bridgehead atoms. The van der Waals surface area contributed by atoms with Gasteiger partial charge >= 0.3 is 0 Å². The van der Waals surface area contributed by atoms with Gasteiger partial charge in [0.25, 0.3) is 0 Å². The zero-order valence-electron chi connectivity index (χ0n) is 36.5. The summed E-state index contributed by atoms with van der Waals surface area (Å²) in [6.45, 7) is 47.9. The van der Waals surface area contributed by atoms with Crippen molar-refractivity contribution in [3.8, 4) is 0 Å². The van der Waals surface area contributed by atoms with Gasteiger partial charge in [0.15, 0.2) is 0 Å². The number of fused-ring (bicyclic) bond motifs is 3. The molecule has 6 rings (SSSR count). The molecule has 0 N–H and O–H groups in total.